The highest BCUT2D eigenvalue weighted by Crippen LogP contribution is 2.13. The van der Waals surface area contributed by atoms with Crippen LogP contribution in [-0.2, 0) is 0 Å². The maximum absolute atomic E-state index is 12.2. The van der Waals surface area contributed by atoms with Crippen molar-refractivity contribution >= 4 is 11.6 Å². The van der Waals surface area contributed by atoms with Gasteiger partial charge in [0.05, 0.1) is 11.3 Å². The summed E-state index contributed by atoms with van der Waals surface area (Å²) >= 11 is 0. The Morgan fingerprint density at radius 1 is 1.37 bits per heavy atom. The number of nitrogens with zero attached hydrogens (tertiary/aromatic N) is 1. The zero-order valence-electron chi connectivity index (χ0n) is 12.2. The molecule has 0 aliphatic rings. The highest BCUT2D eigenvalue weighted by Gasteiger charge is 2.13. The molecule has 2 N–H and O–H groups in total. The van der Waals surface area contributed by atoms with Crippen LogP contribution in [0.4, 0.5) is 5.69 Å². The van der Waals surface area contributed by atoms with Crippen LogP contribution < -0.4 is 10.6 Å². The van der Waals surface area contributed by atoms with Gasteiger partial charge in [-0.3, -0.25) is 9.78 Å². The predicted molar refractivity (Wildman–Crippen MR) is 79.5 cm³/mol. The number of pyridine rings is 1. The van der Waals surface area contributed by atoms with E-state index >= 15 is 0 Å². The normalized spacial score (nSPS) is 11.9. The third-order valence-electron chi connectivity index (χ3n) is 3.05. The Kier molecular flexibility index (Phi) is 6.93. The standard InChI is InChI=1S/C15H25N3O/c1-4-6-7-8-12(3)18-15(19)13-11-16-10-9-14(13)17-5-2/h9-12H,4-8H2,1-3H3,(H,16,17)(H,18,19). The number of carbonyl (C=O) groups is 1. The topological polar surface area (TPSA) is 54.0 Å². The lowest BCUT2D eigenvalue weighted by molar-refractivity contribution is 0.0938. The van der Waals surface area contributed by atoms with Gasteiger partial charge in [0.2, 0.25) is 0 Å². The Labute approximate surface area is 116 Å². The molecule has 0 spiro atoms. The number of carbonyl (C=O) groups excluding carboxylic acids is 1. The molecule has 1 rings (SSSR count). The van der Waals surface area contributed by atoms with Crippen molar-refractivity contribution in [3.05, 3.63) is 24.0 Å². The molecule has 0 saturated heterocycles. The van der Waals surface area contributed by atoms with Gasteiger partial charge in [-0.25, -0.2) is 0 Å². The van der Waals surface area contributed by atoms with Crippen LogP contribution in [0.3, 0.4) is 0 Å². The van der Waals surface area contributed by atoms with Crippen molar-refractivity contribution in [2.24, 2.45) is 0 Å². The average molecular weight is 263 g/mol. The van der Waals surface area contributed by atoms with Gasteiger partial charge in [0.15, 0.2) is 0 Å². The fourth-order valence-corrected chi connectivity index (χ4v) is 1.99. The van der Waals surface area contributed by atoms with Gasteiger partial charge in [-0.2, -0.15) is 0 Å². The molecule has 1 aromatic heterocycles. The van der Waals surface area contributed by atoms with Gasteiger partial charge in [-0.05, 0) is 26.3 Å². The minimum Gasteiger partial charge on any atom is -0.385 e. The van der Waals surface area contributed by atoms with Crippen LogP contribution in [0.25, 0.3) is 0 Å². The Hall–Kier alpha value is -1.58. The second kappa shape index (κ2) is 8.51. The Morgan fingerprint density at radius 3 is 2.84 bits per heavy atom. The Balaban J connectivity index is 2.57. The Bertz CT molecular complexity index is 393. The number of unbranched alkanes of at least 4 members (excludes halogenated alkanes) is 2. The first-order valence-electron chi connectivity index (χ1n) is 7.17. The van der Waals surface area contributed by atoms with E-state index in [1.54, 1.807) is 12.4 Å². The van der Waals surface area contributed by atoms with Crippen LogP contribution in [0.5, 0.6) is 0 Å². The van der Waals surface area contributed by atoms with E-state index in [4.69, 9.17) is 0 Å². The molecule has 0 saturated carbocycles. The summed E-state index contributed by atoms with van der Waals surface area (Å²) in [6.45, 7) is 7.03. The summed E-state index contributed by atoms with van der Waals surface area (Å²) in [5.74, 6) is -0.0481. The quantitative estimate of drug-likeness (QED) is 0.708. The highest BCUT2D eigenvalue weighted by molar-refractivity contribution is 5.99. The number of aromatic nitrogens is 1. The predicted octanol–water partition coefficient (Wildman–Crippen LogP) is 3.21. The molecule has 0 aromatic carbocycles. The van der Waals surface area contributed by atoms with Crippen LogP contribution in [0, 0.1) is 0 Å². The highest BCUT2D eigenvalue weighted by atomic mass is 16.1. The molecule has 1 unspecified atom stereocenters. The van der Waals surface area contributed by atoms with E-state index in [-0.39, 0.29) is 11.9 Å². The fourth-order valence-electron chi connectivity index (χ4n) is 1.99. The summed E-state index contributed by atoms with van der Waals surface area (Å²) in [5, 5.41) is 6.22. The first-order chi connectivity index (χ1) is 9.19. The van der Waals surface area contributed by atoms with Gasteiger partial charge >= 0.3 is 0 Å². The molecule has 4 heteroatoms. The van der Waals surface area contributed by atoms with E-state index in [1.165, 1.54) is 12.8 Å². The first kappa shape index (κ1) is 15.5. The lowest BCUT2D eigenvalue weighted by Crippen LogP contribution is -2.33. The second-order valence-electron chi connectivity index (χ2n) is 4.82. The van der Waals surface area contributed by atoms with Crippen molar-refractivity contribution in [2.45, 2.75) is 52.5 Å². The van der Waals surface area contributed by atoms with Gasteiger partial charge < -0.3 is 10.6 Å². The van der Waals surface area contributed by atoms with Gasteiger partial charge in [0, 0.05) is 25.0 Å². The number of nitrogens with one attached hydrogen (secondary N) is 2. The average Bonchev–Trinajstić information content (AvgIpc) is 2.40. The van der Waals surface area contributed by atoms with Crippen molar-refractivity contribution in [2.75, 3.05) is 11.9 Å². The molecular formula is C15H25N3O. The molecule has 0 aliphatic heterocycles. The van der Waals surface area contributed by atoms with E-state index in [0.29, 0.717) is 5.56 Å². The third kappa shape index (κ3) is 5.28. The zero-order valence-corrected chi connectivity index (χ0v) is 12.2. The van der Waals surface area contributed by atoms with Crippen LogP contribution in [0.2, 0.25) is 0 Å². The molecule has 106 valence electrons. The summed E-state index contributed by atoms with van der Waals surface area (Å²) < 4.78 is 0. The van der Waals surface area contributed by atoms with E-state index in [1.807, 2.05) is 13.0 Å². The van der Waals surface area contributed by atoms with Crippen molar-refractivity contribution in [3.8, 4) is 0 Å². The summed E-state index contributed by atoms with van der Waals surface area (Å²) in [4.78, 5) is 16.2. The van der Waals surface area contributed by atoms with Crippen molar-refractivity contribution in [3.63, 3.8) is 0 Å². The largest absolute Gasteiger partial charge is 0.385 e. The number of hydrogen-bond donors (Lipinski definition) is 2. The SMILES string of the molecule is CCCCCC(C)NC(=O)c1cnccc1NCC. The number of amides is 1. The molecule has 4 nitrogen and oxygen atoms in total. The maximum Gasteiger partial charge on any atom is 0.255 e. The number of hydrogen-bond acceptors (Lipinski definition) is 3. The third-order valence-corrected chi connectivity index (χ3v) is 3.05. The Morgan fingerprint density at radius 2 is 2.16 bits per heavy atom. The molecule has 0 aliphatic carbocycles. The molecule has 1 aromatic rings. The van der Waals surface area contributed by atoms with Gasteiger partial charge in [0.1, 0.15) is 0 Å². The number of rotatable bonds is 8. The molecule has 0 fully saturated rings. The van der Waals surface area contributed by atoms with Crippen LogP contribution in [0.15, 0.2) is 18.5 Å². The van der Waals surface area contributed by atoms with Gasteiger partial charge in [-0.15, -0.1) is 0 Å². The van der Waals surface area contributed by atoms with E-state index in [0.717, 1.165) is 25.1 Å². The zero-order chi connectivity index (χ0) is 14.1. The lowest BCUT2D eigenvalue weighted by atomic mass is 10.1. The van der Waals surface area contributed by atoms with E-state index in [9.17, 15) is 4.79 Å². The van der Waals surface area contributed by atoms with Crippen molar-refractivity contribution < 1.29 is 4.79 Å². The van der Waals surface area contributed by atoms with Gasteiger partial charge in [0.25, 0.3) is 5.91 Å². The van der Waals surface area contributed by atoms with E-state index < -0.39 is 0 Å². The molecule has 0 radical (unpaired) electrons. The minimum absolute atomic E-state index is 0.0481. The summed E-state index contributed by atoms with van der Waals surface area (Å²) in [6.07, 6.45) is 7.91. The molecule has 1 heterocycles. The molecule has 1 atom stereocenters. The second-order valence-corrected chi connectivity index (χ2v) is 4.82. The molecular weight excluding hydrogens is 238 g/mol. The molecule has 19 heavy (non-hydrogen) atoms. The minimum atomic E-state index is -0.0481. The summed E-state index contributed by atoms with van der Waals surface area (Å²) in [5.41, 5.74) is 1.46. The van der Waals surface area contributed by atoms with Crippen LogP contribution in [0.1, 0.15) is 56.8 Å². The number of anilines is 1. The smallest absolute Gasteiger partial charge is 0.255 e. The lowest BCUT2D eigenvalue weighted by Gasteiger charge is -2.15. The van der Waals surface area contributed by atoms with Crippen molar-refractivity contribution in [1.29, 1.82) is 0 Å². The van der Waals surface area contributed by atoms with Crippen LogP contribution in [-0.4, -0.2) is 23.5 Å². The fraction of sp³-hybridized carbons (Fsp3) is 0.600. The van der Waals surface area contributed by atoms with Crippen LogP contribution >= 0.6 is 0 Å². The first-order valence-corrected chi connectivity index (χ1v) is 7.17. The van der Waals surface area contributed by atoms with E-state index in [2.05, 4.69) is 29.5 Å². The summed E-state index contributed by atoms with van der Waals surface area (Å²) in [7, 11) is 0. The monoisotopic (exact) mass is 263 g/mol. The maximum atomic E-state index is 12.2. The summed E-state index contributed by atoms with van der Waals surface area (Å²) in [6, 6.07) is 2.04. The molecule has 1 amide bonds. The van der Waals surface area contributed by atoms with Gasteiger partial charge in [-0.1, -0.05) is 26.2 Å². The molecule has 0 bridgehead atoms. The van der Waals surface area contributed by atoms with Crippen molar-refractivity contribution in [1.82, 2.24) is 10.3 Å².